The van der Waals surface area contributed by atoms with Gasteiger partial charge in [0.25, 0.3) is 20.0 Å². The van der Waals surface area contributed by atoms with Crippen molar-refractivity contribution >= 4 is 54.9 Å². The first-order chi connectivity index (χ1) is 17.1. The fourth-order valence-corrected chi connectivity index (χ4v) is 5.36. The van der Waals surface area contributed by atoms with E-state index < -0.39 is 20.0 Å². The molecule has 0 heterocycles. The Balaban J connectivity index is 1.39. The van der Waals surface area contributed by atoms with Gasteiger partial charge in [0.2, 0.25) is 0 Å². The van der Waals surface area contributed by atoms with Crippen LogP contribution in [-0.4, -0.2) is 16.8 Å². The van der Waals surface area contributed by atoms with Crippen molar-refractivity contribution in [3.05, 3.63) is 108 Å². The van der Waals surface area contributed by atoms with Crippen molar-refractivity contribution in [1.29, 1.82) is 0 Å². The standard InChI is InChI=1S/C26H24N4O4S2/c27-21-7-15-25(16-8-21)35(31,32)29-23-11-3-19(4-12-23)1-2-20-5-13-24(14-6-20)30-36(33,34)26-17-9-22(28)10-18-26/h1-18,29-30H,27-28H2/b2-1+. The molecule has 0 fully saturated rings. The van der Waals surface area contributed by atoms with Gasteiger partial charge in [0.15, 0.2) is 0 Å². The summed E-state index contributed by atoms with van der Waals surface area (Å²) in [7, 11) is -7.43. The molecule has 0 spiro atoms. The molecule has 36 heavy (non-hydrogen) atoms. The predicted octanol–water partition coefficient (Wildman–Crippen LogP) is 4.62. The van der Waals surface area contributed by atoms with Gasteiger partial charge in [-0.2, -0.15) is 0 Å². The zero-order chi connectivity index (χ0) is 25.8. The minimum absolute atomic E-state index is 0.125. The maximum atomic E-state index is 12.5. The minimum Gasteiger partial charge on any atom is -0.399 e. The van der Waals surface area contributed by atoms with E-state index in [1.807, 2.05) is 12.2 Å². The second-order valence-corrected chi connectivity index (χ2v) is 11.3. The van der Waals surface area contributed by atoms with Crippen LogP contribution in [0.15, 0.2) is 107 Å². The first-order valence-electron chi connectivity index (χ1n) is 10.8. The van der Waals surface area contributed by atoms with Crippen molar-refractivity contribution < 1.29 is 16.8 Å². The van der Waals surface area contributed by atoms with Crippen LogP contribution in [0.2, 0.25) is 0 Å². The summed E-state index contributed by atoms with van der Waals surface area (Å²) in [6.07, 6.45) is 3.73. The molecule has 6 N–H and O–H groups in total. The van der Waals surface area contributed by atoms with Crippen LogP contribution in [0.1, 0.15) is 11.1 Å². The number of anilines is 4. The number of nitrogen functional groups attached to an aromatic ring is 2. The largest absolute Gasteiger partial charge is 0.399 e. The highest BCUT2D eigenvalue weighted by atomic mass is 32.2. The molecule has 0 aromatic heterocycles. The molecular formula is C26H24N4O4S2. The Morgan fingerprint density at radius 1 is 0.472 bits per heavy atom. The summed E-state index contributed by atoms with van der Waals surface area (Å²) in [5, 5.41) is 0. The zero-order valence-corrected chi connectivity index (χ0v) is 20.6. The summed E-state index contributed by atoms with van der Waals surface area (Å²) >= 11 is 0. The summed E-state index contributed by atoms with van der Waals surface area (Å²) in [6, 6.07) is 25.7. The lowest BCUT2D eigenvalue weighted by Gasteiger charge is -2.09. The van der Waals surface area contributed by atoms with Crippen LogP contribution >= 0.6 is 0 Å². The fourth-order valence-electron chi connectivity index (χ4n) is 3.24. The molecule has 184 valence electrons. The molecule has 0 saturated heterocycles. The van der Waals surface area contributed by atoms with Gasteiger partial charge >= 0.3 is 0 Å². The van der Waals surface area contributed by atoms with E-state index in [4.69, 9.17) is 11.5 Å². The first-order valence-corrected chi connectivity index (χ1v) is 13.7. The van der Waals surface area contributed by atoms with Gasteiger partial charge in [-0.15, -0.1) is 0 Å². The second kappa shape index (κ2) is 10.1. The second-order valence-electron chi connectivity index (χ2n) is 7.93. The Bertz CT molecular complexity index is 1460. The Hall–Kier alpha value is -4.28. The fraction of sp³-hybridized carbons (Fsp3) is 0. The van der Waals surface area contributed by atoms with Gasteiger partial charge in [-0.25, -0.2) is 16.8 Å². The molecule has 4 rings (SSSR count). The van der Waals surface area contributed by atoms with Crippen molar-refractivity contribution in [1.82, 2.24) is 0 Å². The number of nitrogens with two attached hydrogens (primary N) is 2. The van der Waals surface area contributed by atoms with E-state index in [1.54, 1.807) is 48.5 Å². The van der Waals surface area contributed by atoms with Crippen LogP contribution in [-0.2, 0) is 20.0 Å². The number of rotatable bonds is 8. The quantitative estimate of drug-likeness (QED) is 0.197. The third-order valence-electron chi connectivity index (χ3n) is 5.17. The molecule has 0 bridgehead atoms. The molecule has 0 aliphatic rings. The van der Waals surface area contributed by atoms with Crippen LogP contribution in [0.3, 0.4) is 0 Å². The van der Waals surface area contributed by atoms with Crippen molar-refractivity contribution in [3.8, 4) is 0 Å². The average molecular weight is 521 g/mol. The molecule has 0 radical (unpaired) electrons. The van der Waals surface area contributed by atoms with E-state index in [9.17, 15) is 16.8 Å². The summed E-state index contributed by atoms with van der Waals surface area (Å²) < 4.78 is 55.1. The topological polar surface area (TPSA) is 144 Å². The number of sulfonamides is 2. The Morgan fingerprint density at radius 2 is 0.778 bits per heavy atom. The van der Waals surface area contributed by atoms with E-state index in [1.165, 1.54) is 48.5 Å². The van der Waals surface area contributed by atoms with Gasteiger partial charge in [0.05, 0.1) is 9.79 Å². The highest BCUT2D eigenvalue weighted by Crippen LogP contribution is 2.20. The van der Waals surface area contributed by atoms with Crippen molar-refractivity contribution in [2.24, 2.45) is 0 Å². The third kappa shape index (κ3) is 6.23. The Morgan fingerprint density at radius 3 is 1.08 bits per heavy atom. The monoisotopic (exact) mass is 520 g/mol. The van der Waals surface area contributed by atoms with Gasteiger partial charge in [-0.3, -0.25) is 9.44 Å². The lowest BCUT2D eigenvalue weighted by atomic mass is 10.1. The molecule has 4 aromatic rings. The van der Waals surface area contributed by atoms with E-state index in [2.05, 4.69) is 9.44 Å². The van der Waals surface area contributed by atoms with Gasteiger partial charge in [0, 0.05) is 22.7 Å². The van der Waals surface area contributed by atoms with E-state index in [-0.39, 0.29) is 9.79 Å². The minimum atomic E-state index is -3.71. The van der Waals surface area contributed by atoms with Gasteiger partial charge in [0.1, 0.15) is 0 Å². The summed E-state index contributed by atoms with van der Waals surface area (Å²) in [4.78, 5) is 0.250. The highest BCUT2D eigenvalue weighted by Gasteiger charge is 2.14. The molecule has 0 aliphatic carbocycles. The summed E-state index contributed by atoms with van der Waals surface area (Å²) in [6.45, 7) is 0. The van der Waals surface area contributed by atoms with Crippen LogP contribution in [0.4, 0.5) is 22.7 Å². The third-order valence-corrected chi connectivity index (χ3v) is 7.97. The molecule has 8 nitrogen and oxygen atoms in total. The van der Waals surface area contributed by atoms with Crippen LogP contribution in [0, 0.1) is 0 Å². The van der Waals surface area contributed by atoms with Crippen molar-refractivity contribution in [2.75, 3.05) is 20.9 Å². The van der Waals surface area contributed by atoms with Gasteiger partial charge < -0.3 is 11.5 Å². The molecule has 0 unspecified atom stereocenters. The van der Waals surface area contributed by atoms with Crippen LogP contribution in [0.25, 0.3) is 12.2 Å². The maximum absolute atomic E-state index is 12.5. The van der Waals surface area contributed by atoms with Gasteiger partial charge in [-0.05, 0) is 83.9 Å². The van der Waals surface area contributed by atoms with E-state index >= 15 is 0 Å². The van der Waals surface area contributed by atoms with E-state index in [0.29, 0.717) is 22.7 Å². The predicted molar refractivity (Wildman–Crippen MR) is 145 cm³/mol. The molecule has 4 aromatic carbocycles. The van der Waals surface area contributed by atoms with Crippen molar-refractivity contribution in [2.45, 2.75) is 9.79 Å². The normalized spacial score (nSPS) is 11.9. The number of hydrogen-bond donors (Lipinski definition) is 4. The maximum Gasteiger partial charge on any atom is 0.261 e. The first kappa shape index (κ1) is 24.8. The molecule has 0 aliphatic heterocycles. The number of benzene rings is 4. The average Bonchev–Trinajstić information content (AvgIpc) is 2.85. The van der Waals surface area contributed by atoms with E-state index in [0.717, 1.165) is 11.1 Å². The highest BCUT2D eigenvalue weighted by molar-refractivity contribution is 7.93. The van der Waals surface area contributed by atoms with Gasteiger partial charge in [-0.1, -0.05) is 36.4 Å². The molecular weight excluding hydrogens is 496 g/mol. The molecule has 10 heteroatoms. The lowest BCUT2D eigenvalue weighted by Crippen LogP contribution is -2.12. The summed E-state index contributed by atoms with van der Waals surface area (Å²) in [5.41, 5.74) is 14.8. The Kier molecular flexibility index (Phi) is 7.00. The number of hydrogen-bond acceptors (Lipinski definition) is 6. The zero-order valence-electron chi connectivity index (χ0n) is 19.0. The Labute approximate surface area is 210 Å². The SMILES string of the molecule is Nc1ccc(S(=O)(=O)Nc2ccc(/C=C/c3ccc(NS(=O)(=O)c4ccc(N)cc4)cc3)cc2)cc1. The van der Waals surface area contributed by atoms with Crippen LogP contribution in [0.5, 0.6) is 0 Å². The summed E-state index contributed by atoms with van der Waals surface area (Å²) in [5.74, 6) is 0. The van der Waals surface area contributed by atoms with Crippen molar-refractivity contribution in [3.63, 3.8) is 0 Å². The smallest absolute Gasteiger partial charge is 0.261 e. The number of nitrogens with one attached hydrogen (secondary N) is 2. The molecule has 0 amide bonds. The molecule has 0 saturated carbocycles. The lowest BCUT2D eigenvalue weighted by molar-refractivity contribution is 0.599. The molecule has 0 atom stereocenters. The van der Waals surface area contributed by atoms with Crippen LogP contribution < -0.4 is 20.9 Å².